The topological polar surface area (TPSA) is 21.3 Å². The van der Waals surface area contributed by atoms with Crippen molar-refractivity contribution in [2.24, 2.45) is 0 Å². The largest absolute Gasteiger partial charge is 0.416 e. The molecular weight excluding hydrogens is 400 g/mol. The van der Waals surface area contributed by atoms with Gasteiger partial charge in [0, 0.05) is 19.2 Å². The molecule has 1 N–H and O–H groups in total. The van der Waals surface area contributed by atoms with Gasteiger partial charge in [-0.2, -0.15) is 26.3 Å². The predicted octanol–water partition coefficient (Wildman–Crippen LogP) is 6.61. The zero-order valence-electron chi connectivity index (χ0n) is 17.1. The number of nitrogens with one attached hydrogen (secondary N) is 1. The van der Waals surface area contributed by atoms with E-state index in [1.165, 1.54) is 0 Å². The lowest BCUT2D eigenvalue weighted by atomic mass is 10.0. The van der Waals surface area contributed by atoms with Gasteiger partial charge in [0.05, 0.1) is 11.1 Å². The predicted molar refractivity (Wildman–Crippen MR) is 101 cm³/mol. The Labute approximate surface area is 163 Å². The third-order valence-electron chi connectivity index (χ3n) is 5.19. The first kappa shape index (κ1) is 25.0. The van der Waals surface area contributed by atoms with Gasteiger partial charge in [0.1, 0.15) is 0 Å². The summed E-state index contributed by atoms with van der Waals surface area (Å²) >= 11 is 0. The van der Waals surface area contributed by atoms with E-state index in [1.807, 2.05) is 6.92 Å². The summed E-state index contributed by atoms with van der Waals surface area (Å²) in [6, 6.07) is 1.48. The van der Waals surface area contributed by atoms with Gasteiger partial charge in [0.25, 0.3) is 0 Å². The Morgan fingerprint density at radius 1 is 0.929 bits per heavy atom. The van der Waals surface area contributed by atoms with Gasteiger partial charge in [-0.05, 0) is 48.3 Å². The molecule has 0 bridgehead atoms. The van der Waals surface area contributed by atoms with Gasteiger partial charge in [-0.25, -0.2) is 0 Å². The zero-order valence-corrected chi connectivity index (χ0v) is 18.1. The van der Waals surface area contributed by atoms with Crippen LogP contribution in [0.25, 0.3) is 0 Å². The molecule has 1 rings (SSSR count). The number of halogens is 6. The highest BCUT2D eigenvalue weighted by atomic mass is 28.4. The number of hydrogen-bond acceptors (Lipinski definition) is 2. The van der Waals surface area contributed by atoms with Gasteiger partial charge in [-0.3, -0.25) is 0 Å². The second-order valence-corrected chi connectivity index (χ2v) is 13.3. The van der Waals surface area contributed by atoms with Crippen molar-refractivity contribution in [3.63, 3.8) is 0 Å². The normalized spacial score (nSPS) is 15.0. The van der Waals surface area contributed by atoms with E-state index in [-0.39, 0.29) is 29.3 Å². The van der Waals surface area contributed by atoms with Crippen LogP contribution in [-0.2, 0) is 23.3 Å². The highest BCUT2D eigenvalue weighted by Gasteiger charge is 2.38. The molecule has 1 unspecified atom stereocenters. The molecule has 0 amide bonds. The van der Waals surface area contributed by atoms with Gasteiger partial charge in [0.15, 0.2) is 8.32 Å². The van der Waals surface area contributed by atoms with E-state index < -0.39 is 31.8 Å². The van der Waals surface area contributed by atoms with Crippen molar-refractivity contribution >= 4 is 8.32 Å². The molecule has 1 aromatic rings. The molecule has 162 valence electrons. The van der Waals surface area contributed by atoms with E-state index in [4.69, 9.17) is 4.43 Å². The van der Waals surface area contributed by atoms with Gasteiger partial charge in [0.2, 0.25) is 0 Å². The lowest BCUT2D eigenvalue weighted by Crippen LogP contribution is -2.44. The molecule has 2 nitrogen and oxygen atoms in total. The van der Waals surface area contributed by atoms with E-state index in [1.54, 1.807) is 0 Å². The lowest BCUT2D eigenvalue weighted by molar-refractivity contribution is -0.143. The second kappa shape index (κ2) is 8.75. The molecule has 0 fully saturated rings. The maximum atomic E-state index is 13.0. The molecule has 28 heavy (non-hydrogen) atoms. The molecule has 0 saturated heterocycles. The summed E-state index contributed by atoms with van der Waals surface area (Å²) in [5.41, 5.74) is -2.66. The Bertz CT molecular complexity index is 617. The maximum absolute atomic E-state index is 13.0. The summed E-state index contributed by atoms with van der Waals surface area (Å²) in [5, 5.41) is 3.04. The smallest absolute Gasteiger partial charge is 0.415 e. The first-order valence-electron chi connectivity index (χ1n) is 9.13. The van der Waals surface area contributed by atoms with Crippen LogP contribution in [0, 0.1) is 0 Å². The third kappa shape index (κ3) is 7.08. The fourth-order valence-corrected chi connectivity index (χ4v) is 3.28. The highest BCUT2D eigenvalue weighted by Crippen LogP contribution is 2.37. The summed E-state index contributed by atoms with van der Waals surface area (Å²) in [5.74, 6) is 0. The molecule has 0 aliphatic heterocycles. The van der Waals surface area contributed by atoms with Gasteiger partial charge < -0.3 is 9.74 Å². The van der Waals surface area contributed by atoms with Crippen molar-refractivity contribution in [3.8, 4) is 0 Å². The minimum absolute atomic E-state index is 0.00788. The zero-order chi connectivity index (χ0) is 22.0. The van der Waals surface area contributed by atoms with E-state index in [0.717, 1.165) is 12.1 Å². The SMILES string of the molecule is CCC(CO[Si](C)(C)C(C)(C)C)NCc1cc(C(F)(F)F)cc(C(F)(F)F)c1. The van der Waals surface area contributed by atoms with Crippen molar-refractivity contribution in [1.29, 1.82) is 0 Å². The Kier molecular flexibility index (Phi) is 7.80. The number of alkyl halides is 6. The minimum Gasteiger partial charge on any atom is -0.415 e. The molecule has 0 radical (unpaired) electrons. The molecule has 0 heterocycles. The molecule has 0 saturated carbocycles. The van der Waals surface area contributed by atoms with Crippen LogP contribution in [0.4, 0.5) is 26.3 Å². The van der Waals surface area contributed by atoms with Crippen molar-refractivity contribution in [2.75, 3.05) is 6.61 Å². The van der Waals surface area contributed by atoms with Gasteiger partial charge in [-0.15, -0.1) is 0 Å². The van der Waals surface area contributed by atoms with Crippen LogP contribution in [0.3, 0.4) is 0 Å². The Morgan fingerprint density at radius 2 is 1.39 bits per heavy atom. The van der Waals surface area contributed by atoms with E-state index in [0.29, 0.717) is 13.0 Å². The third-order valence-corrected chi connectivity index (χ3v) is 9.69. The first-order valence-corrected chi connectivity index (χ1v) is 12.0. The fourth-order valence-electron chi connectivity index (χ4n) is 2.23. The summed E-state index contributed by atoms with van der Waals surface area (Å²) in [6.07, 6.45) is -9.04. The summed E-state index contributed by atoms with van der Waals surface area (Å²) < 4.78 is 83.9. The summed E-state index contributed by atoms with van der Waals surface area (Å²) in [4.78, 5) is 0. The molecule has 0 aliphatic rings. The minimum atomic E-state index is -4.84. The van der Waals surface area contributed by atoms with Crippen molar-refractivity contribution < 1.29 is 30.8 Å². The summed E-state index contributed by atoms with van der Waals surface area (Å²) in [6.45, 7) is 12.6. The summed E-state index contributed by atoms with van der Waals surface area (Å²) in [7, 11) is -2.00. The van der Waals surface area contributed by atoms with Crippen LogP contribution in [0.5, 0.6) is 0 Å². The average Bonchev–Trinajstić information content (AvgIpc) is 2.52. The Morgan fingerprint density at radius 3 is 1.75 bits per heavy atom. The van der Waals surface area contributed by atoms with Crippen molar-refractivity contribution in [3.05, 3.63) is 34.9 Å². The molecule has 9 heteroatoms. The Hall–Kier alpha value is -1.06. The standard InChI is InChI=1S/C19H29F6NOSi/c1-7-16(12-27-28(5,6)17(2,3)4)26-11-13-8-14(18(20,21)22)10-15(9-13)19(23,24)25/h8-10,16,26H,7,11-12H2,1-6H3. The van der Waals surface area contributed by atoms with Crippen LogP contribution in [0.15, 0.2) is 18.2 Å². The maximum Gasteiger partial charge on any atom is 0.416 e. The van der Waals surface area contributed by atoms with Gasteiger partial charge >= 0.3 is 12.4 Å². The van der Waals surface area contributed by atoms with Crippen LogP contribution >= 0.6 is 0 Å². The molecule has 1 aromatic carbocycles. The molecule has 0 aromatic heterocycles. The van der Waals surface area contributed by atoms with Crippen LogP contribution < -0.4 is 5.32 Å². The number of hydrogen-bond donors (Lipinski definition) is 1. The van der Waals surface area contributed by atoms with Gasteiger partial charge in [-0.1, -0.05) is 27.7 Å². The molecule has 0 aliphatic carbocycles. The monoisotopic (exact) mass is 429 g/mol. The van der Waals surface area contributed by atoms with Crippen LogP contribution in [-0.4, -0.2) is 21.0 Å². The second-order valence-electron chi connectivity index (χ2n) is 8.47. The van der Waals surface area contributed by atoms with E-state index in [2.05, 4.69) is 39.2 Å². The van der Waals surface area contributed by atoms with E-state index >= 15 is 0 Å². The van der Waals surface area contributed by atoms with E-state index in [9.17, 15) is 26.3 Å². The number of rotatable bonds is 7. The van der Waals surface area contributed by atoms with Crippen LogP contribution in [0.2, 0.25) is 18.1 Å². The molecular formula is C19H29F6NOSi. The molecule has 1 atom stereocenters. The van der Waals surface area contributed by atoms with Crippen molar-refractivity contribution in [1.82, 2.24) is 5.32 Å². The highest BCUT2D eigenvalue weighted by molar-refractivity contribution is 6.74. The average molecular weight is 430 g/mol. The Balaban J connectivity index is 2.92. The quantitative estimate of drug-likeness (QED) is 0.389. The first-order chi connectivity index (χ1) is 12.5. The molecule has 0 spiro atoms. The fraction of sp³-hybridized carbons (Fsp3) is 0.684. The lowest BCUT2D eigenvalue weighted by Gasteiger charge is -2.37. The van der Waals surface area contributed by atoms with Crippen molar-refractivity contribution in [2.45, 2.75) is 77.2 Å². The number of benzene rings is 1. The van der Waals surface area contributed by atoms with Crippen LogP contribution in [0.1, 0.15) is 50.8 Å².